The summed E-state index contributed by atoms with van der Waals surface area (Å²) in [5.74, 6) is -0.908. The van der Waals surface area contributed by atoms with E-state index in [1.807, 2.05) is 0 Å². The molecule has 0 spiro atoms. The van der Waals surface area contributed by atoms with Crippen LogP contribution in [0.5, 0.6) is 0 Å². The Labute approximate surface area is 216 Å². The monoisotopic (exact) mass is 552 g/mol. The predicted molar refractivity (Wildman–Crippen MR) is 131 cm³/mol. The third-order valence-electron chi connectivity index (χ3n) is 6.17. The van der Waals surface area contributed by atoms with E-state index in [0.29, 0.717) is 24.6 Å². The van der Waals surface area contributed by atoms with E-state index in [0.717, 1.165) is 24.7 Å². The summed E-state index contributed by atoms with van der Waals surface area (Å²) in [5.41, 5.74) is -4.08. The lowest BCUT2D eigenvalue weighted by Gasteiger charge is -2.20. The molecule has 206 valence electrons. The molecule has 0 radical (unpaired) electrons. The first kappa shape index (κ1) is 27.8. The lowest BCUT2D eigenvalue weighted by Crippen LogP contribution is -2.28. The fourth-order valence-electron chi connectivity index (χ4n) is 4.14. The fourth-order valence-corrected chi connectivity index (χ4v) is 4.14. The quantitative estimate of drug-likeness (QED) is 0.273. The van der Waals surface area contributed by atoms with Gasteiger partial charge in [0.15, 0.2) is 5.82 Å². The zero-order chi connectivity index (χ0) is 28.3. The number of pyridine rings is 1. The van der Waals surface area contributed by atoms with Crippen LogP contribution in [0.1, 0.15) is 43.7 Å². The number of hydrogen-bond donors (Lipinski definition) is 2. The molecule has 8 nitrogen and oxygen atoms in total. The third-order valence-corrected chi connectivity index (χ3v) is 6.17. The van der Waals surface area contributed by atoms with Crippen molar-refractivity contribution in [1.82, 2.24) is 24.7 Å². The largest absolute Gasteiger partial charge is 0.423 e. The number of benzene rings is 1. The van der Waals surface area contributed by atoms with Gasteiger partial charge in [-0.1, -0.05) is 6.92 Å². The topological polar surface area (TPSA) is 106 Å². The molecule has 2 N–H and O–H groups in total. The molecule has 1 atom stereocenters. The first-order chi connectivity index (χ1) is 18.5. The Bertz CT molecular complexity index is 1580. The van der Waals surface area contributed by atoms with Crippen LogP contribution in [0.3, 0.4) is 0 Å². The lowest BCUT2D eigenvalue weighted by molar-refractivity contribution is -0.138. The summed E-state index contributed by atoms with van der Waals surface area (Å²) in [4.78, 5) is 32.2. The van der Waals surface area contributed by atoms with Crippen molar-refractivity contribution in [2.24, 2.45) is 0 Å². The number of anilines is 1. The lowest BCUT2D eigenvalue weighted by atomic mass is 10.1. The molecule has 0 aliphatic carbocycles. The van der Waals surface area contributed by atoms with E-state index < -0.39 is 52.4 Å². The van der Waals surface area contributed by atoms with Crippen LogP contribution in [0.2, 0.25) is 0 Å². The number of aromatic amines is 1. The minimum atomic E-state index is -4.87. The van der Waals surface area contributed by atoms with Crippen molar-refractivity contribution < 1.29 is 26.3 Å². The Kier molecular flexibility index (Phi) is 8.02. The number of fused-ring (bicyclic) bond motifs is 1. The van der Waals surface area contributed by atoms with Gasteiger partial charge in [-0.25, -0.2) is 28.2 Å². The summed E-state index contributed by atoms with van der Waals surface area (Å²) in [6.07, 6.45) is -2.22. The second kappa shape index (κ2) is 11.3. The molecule has 0 saturated carbocycles. The van der Waals surface area contributed by atoms with E-state index in [9.17, 15) is 35.9 Å². The highest BCUT2D eigenvalue weighted by Crippen LogP contribution is 2.32. The summed E-state index contributed by atoms with van der Waals surface area (Å²) in [6, 6.07) is 3.53. The van der Waals surface area contributed by atoms with Gasteiger partial charge in [0.25, 0.3) is 17.5 Å². The number of alkyl halides is 5. The van der Waals surface area contributed by atoms with Crippen LogP contribution < -0.4 is 16.4 Å². The van der Waals surface area contributed by atoms with Gasteiger partial charge in [0, 0.05) is 31.2 Å². The van der Waals surface area contributed by atoms with Gasteiger partial charge >= 0.3 is 6.18 Å². The highest BCUT2D eigenvalue weighted by atomic mass is 19.4. The van der Waals surface area contributed by atoms with Gasteiger partial charge in [-0.3, -0.25) is 9.59 Å². The van der Waals surface area contributed by atoms with E-state index in [1.165, 1.54) is 16.8 Å². The van der Waals surface area contributed by atoms with Crippen LogP contribution in [0.25, 0.3) is 22.2 Å². The summed E-state index contributed by atoms with van der Waals surface area (Å²) in [5, 5.41) is 8.42. The minimum absolute atomic E-state index is 0.0511. The number of halogens is 6. The maximum absolute atomic E-state index is 14.8. The number of H-pyrrole nitrogens is 1. The van der Waals surface area contributed by atoms with Gasteiger partial charge in [0.2, 0.25) is 0 Å². The highest BCUT2D eigenvalue weighted by molar-refractivity contribution is 5.85. The summed E-state index contributed by atoms with van der Waals surface area (Å²) in [7, 11) is 0. The Balaban J connectivity index is 1.49. The maximum atomic E-state index is 14.8. The van der Waals surface area contributed by atoms with Crippen molar-refractivity contribution in [2.45, 2.75) is 51.4 Å². The Morgan fingerprint density at radius 1 is 1.10 bits per heavy atom. The first-order valence-corrected chi connectivity index (χ1v) is 11.8. The third kappa shape index (κ3) is 6.10. The molecule has 4 rings (SSSR count). The zero-order valence-electron chi connectivity index (χ0n) is 20.4. The molecule has 0 aliphatic heterocycles. The Morgan fingerprint density at radius 2 is 1.82 bits per heavy atom. The van der Waals surface area contributed by atoms with Crippen molar-refractivity contribution in [1.29, 1.82) is 0 Å². The number of hydrogen-bond acceptors (Lipinski definition) is 6. The molecule has 0 bridgehead atoms. The van der Waals surface area contributed by atoms with Gasteiger partial charge in [-0.15, -0.1) is 0 Å². The van der Waals surface area contributed by atoms with Crippen LogP contribution in [-0.4, -0.2) is 30.8 Å². The molecular formula is C25H22F6N6O2. The molecule has 4 aromatic rings. The smallest absolute Gasteiger partial charge is 0.380 e. The first-order valence-electron chi connectivity index (χ1n) is 11.8. The van der Waals surface area contributed by atoms with Gasteiger partial charge in [0.1, 0.15) is 11.4 Å². The molecule has 3 aromatic heterocycles. The summed E-state index contributed by atoms with van der Waals surface area (Å²) < 4.78 is 81.6. The van der Waals surface area contributed by atoms with Crippen molar-refractivity contribution in [2.75, 3.05) is 5.32 Å². The van der Waals surface area contributed by atoms with Crippen LogP contribution in [0.4, 0.5) is 32.0 Å². The van der Waals surface area contributed by atoms with E-state index in [2.05, 4.69) is 20.4 Å². The molecule has 0 fully saturated rings. The maximum Gasteiger partial charge on any atom is 0.423 e. The van der Waals surface area contributed by atoms with E-state index >= 15 is 0 Å². The van der Waals surface area contributed by atoms with Crippen molar-refractivity contribution in [3.05, 3.63) is 80.6 Å². The second-order valence-corrected chi connectivity index (χ2v) is 8.75. The fraction of sp³-hybridized carbons (Fsp3) is 0.320. The standard InChI is InChI=1S/C25H22F6N6O2/c1-2-15(35-19-12-34-36-23(38)20(19)25(29,30)31)4-3-6-37-7-5-13-8-17(18(26)9-16(13)24(37)39)22-32-10-14(11-33-22)21(27)28/h5,7-12,15,21H,2-4,6H2,1H3,(H2,35,36,38). The average Bonchev–Trinajstić information content (AvgIpc) is 2.88. The summed E-state index contributed by atoms with van der Waals surface area (Å²) >= 11 is 0. The predicted octanol–water partition coefficient (Wildman–Crippen LogP) is 5.31. The van der Waals surface area contributed by atoms with Crippen LogP contribution in [0, 0.1) is 5.82 Å². The van der Waals surface area contributed by atoms with Crippen LogP contribution in [-0.2, 0) is 12.7 Å². The highest BCUT2D eigenvalue weighted by Gasteiger charge is 2.37. The van der Waals surface area contributed by atoms with E-state index in [-0.39, 0.29) is 23.3 Å². The zero-order valence-corrected chi connectivity index (χ0v) is 20.4. The van der Waals surface area contributed by atoms with E-state index in [4.69, 9.17) is 0 Å². The Hall–Kier alpha value is -4.23. The Morgan fingerprint density at radius 3 is 2.46 bits per heavy atom. The number of aromatic nitrogens is 5. The summed E-state index contributed by atoms with van der Waals surface area (Å²) in [6.45, 7) is 1.97. The molecular weight excluding hydrogens is 530 g/mol. The normalized spacial score (nSPS) is 12.7. The van der Waals surface area contributed by atoms with Gasteiger partial charge in [-0.05, 0) is 42.8 Å². The van der Waals surface area contributed by atoms with Crippen LogP contribution >= 0.6 is 0 Å². The van der Waals surface area contributed by atoms with Crippen molar-refractivity contribution in [3.8, 4) is 11.4 Å². The van der Waals surface area contributed by atoms with Gasteiger partial charge in [0.05, 0.1) is 28.4 Å². The molecule has 0 aliphatic rings. The van der Waals surface area contributed by atoms with Gasteiger partial charge < -0.3 is 9.88 Å². The number of aryl methyl sites for hydroxylation is 1. The molecule has 14 heteroatoms. The van der Waals surface area contributed by atoms with E-state index in [1.54, 1.807) is 18.1 Å². The number of nitrogens with one attached hydrogen (secondary N) is 2. The average molecular weight is 552 g/mol. The second-order valence-electron chi connectivity index (χ2n) is 8.75. The molecule has 0 saturated heterocycles. The molecule has 0 amide bonds. The SMILES string of the molecule is CCC(CCCn1ccc2cc(-c3ncc(C(F)F)cn3)c(F)cc2c1=O)Nc1cn[nH]c(=O)c1C(F)(F)F. The minimum Gasteiger partial charge on any atom is -0.380 e. The molecule has 39 heavy (non-hydrogen) atoms. The van der Waals surface area contributed by atoms with Gasteiger partial charge in [-0.2, -0.15) is 18.3 Å². The molecule has 1 unspecified atom stereocenters. The number of nitrogens with zero attached hydrogens (tertiary/aromatic N) is 4. The molecule has 3 heterocycles. The van der Waals surface area contributed by atoms with Crippen molar-refractivity contribution in [3.63, 3.8) is 0 Å². The molecule has 1 aromatic carbocycles. The number of rotatable bonds is 9. The van der Waals surface area contributed by atoms with Crippen LogP contribution in [0.15, 0.2) is 52.6 Å². The van der Waals surface area contributed by atoms with Crippen molar-refractivity contribution >= 4 is 16.5 Å².